The minimum Gasteiger partial charge on any atom is -0.463 e. The van der Waals surface area contributed by atoms with Crippen molar-refractivity contribution in [3.8, 4) is 0 Å². The van der Waals surface area contributed by atoms with Gasteiger partial charge >= 0.3 is 11.9 Å². The molecule has 3 aliphatic heterocycles. The number of ether oxygens (including phenoxy) is 6. The molecule has 8 nitrogen and oxygen atoms in total. The first-order valence-electron chi connectivity index (χ1n) is 6.37. The number of rotatable bonds is 3. The van der Waals surface area contributed by atoms with Gasteiger partial charge < -0.3 is 23.7 Å². The molecule has 0 spiro atoms. The predicted molar refractivity (Wildman–Crippen MR) is 60.1 cm³/mol. The zero-order valence-corrected chi connectivity index (χ0v) is 11.4. The zero-order valence-electron chi connectivity index (χ0n) is 11.4. The lowest BCUT2D eigenvalue weighted by Crippen LogP contribution is -2.61. The first kappa shape index (κ1) is 13.7. The standard InChI is InChI=1S/C12H16O8/c1-5(13)15-4-7-8(16-6(2)14)9-10-11(17-7)20-12(3,18-9)19-10/h7-11H,4H2,1-3H3/t7-,8+,9+,10+,11+,12?/m1/s1. The maximum absolute atomic E-state index is 11.2. The predicted octanol–water partition coefficient (Wildman–Crippen LogP) is -0.306. The first-order chi connectivity index (χ1) is 9.38. The van der Waals surface area contributed by atoms with E-state index in [1.807, 2.05) is 0 Å². The van der Waals surface area contributed by atoms with Crippen molar-refractivity contribution in [1.29, 1.82) is 0 Å². The quantitative estimate of drug-likeness (QED) is 0.654. The van der Waals surface area contributed by atoms with E-state index in [9.17, 15) is 9.59 Å². The second kappa shape index (κ2) is 4.66. The third kappa shape index (κ3) is 2.28. The number of hydrogen-bond acceptors (Lipinski definition) is 8. The summed E-state index contributed by atoms with van der Waals surface area (Å²) in [6, 6.07) is 0. The van der Waals surface area contributed by atoms with Crippen molar-refractivity contribution < 1.29 is 38.0 Å². The Balaban J connectivity index is 1.77. The average molecular weight is 288 g/mol. The Morgan fingerprint density at radius 2 is 1.80 bits per heavy atom. The first-order valence-corrected chi connectivity index (χ1v) is 6.37. The minimum absolute atomic E-state index is 0.0452. The van der Waals surface area contributed by atoms with Crippen LogP contribution in [0.2, 0.25) is 0 Å². The van der Waals surface area contributed by atoms with Crippen molar-refractivity contribution >= 4 is 11.9 Å². The number of carbonyl (C=O) groups excluding carboxylic acids is 2. The summed E-state index contributed by atoms with van der Waals surface area (Å²) in [4.78, 5) is 22.2. The van der Waals surface area contributed by atoms with Gasteiger partial charge in [-0.05, 0) is 0 Å². The van der Waals surface area contributed by atoms with E-state index in [1.54, 1.807) is 6.92 Å². The molecule has 0 aromatic rings. The van der Waals surface area contributed by atoms with Crippen LogP contribution < -0.4 is 0 Å². The molecular weight excluding hydrogens is 272 g/mol. The van der Waals surface area contributed by atoms with E-state index in [4.69, 9.17) is 28.4 Å². The van der Waals surface area contributed by atoms with Crippen molar-refractivity contribution in [3.05, 3.63) is 0 Å². The molecule has 2 bridgehead atoms. The number of esters is 2. The van der Waals surface area contributed by atoms with Crippen LogP contribution in [-0.4, -0.2) is 55.2 Å². The molecule has 0 saturated carbocycles. The van der Waals surface area contributed by atoms with Crippen LogP contribution in [0.5, 0.6) is 0 Å². The van der Waals surface area contributed by atoms with E-state index in [1.165, 1.54) is 13.8 Å². The van der Waals surface area contributed by atoms with Gasteiger partial charge in [0.2, 0.25) is 0 Å². The fraction of sp³-hybridized carbons (Fsp3) is 0.833. The van der Waals surface area contributed by atoms with Crippen LogP contribution >= 0.6 is 0 Å². The molecule has 3 saturated heterocycles. The SMILES string of the molecule is CC(=O)OC[C@H]1O[C@H]2OC3(C)O[C@H]([C@@H]2O3)[C@H]1OC(C)=O. The van der Waals surface area contributed by atoms with E-state index in [2.05, 4.69) is 0 Å². The van der Waals surface area contributed by atoms with Crippen molar-refractivity contribution in [3.63, 3.8) is 0 Å². The maximum Gasteiger partial charge on any atom is 0.303 e. The van der Waals surface area contributed by atoms with Crippen LogP contribution in [0.3, 0.4) is 0 Å². The molecule has 112 valence electrons. The second-order valence-corrected chi connectivity index (χ2v) is 5.06. The molecule has 0 N–H and O–H groups in total. The number of fused-ring (bicyclic) bond motifs is 1. The molecule has 0 aromatic heterocycles. The highest BCUT2D eigenvalue weighted by Crippen LogP contribution is 2.46. The Morgan fingerprint density at radius 3 is 2.40 bits per heavy atom. The van der Waals surface area contributed by atoms with Crippen molar-refractivity contribution in [1.82, 2.24) is 0 Å². The van der Waals surface area contributed by atoms with Gasteiger partial charge in [-0.3, -0.25) is 14.3 Å². The third-order valence-corrected chi connectivity index (χ3v) is 3.37. The Hall–Kier alpha value is -1.22. The van der Waals surface area contributed by atoms with Gasteiger partial charge in [-0.15, -0.1) is 0 Å². The molecular formula is C12H16O8. The molecule has 0 aliphatic carbocycles. The van der Waals surface area contributed by atoms with Gasteiger partial charge in [-0.25, -0.2) is 0 Å². The molecule has 1 unspecified atom stereocenters. The highest BCUT2D eigenvalue weighted by atomic mass is 17.0. The molecule has 3 fully saturated rings. The Labute approximate surface area is 115 Å². The maximum atomic E-state index is 11.2. The Morgan fingerprint density at radius 1 is 1.10 bits per heavy atom. The smallest absolute Gasteiger partial charge is 0.303 e. The van der Waals surface area contributed by atoms with E-state index in [-0.39, 0.29) is 6.61 Å². The molecule has 0 radical (unpaired) electrons. The highest BCUT2D eigenvalue weighted by Gasteiger charge is 2.65. The zero-order chi connectivity index (χ0) is 14.5. The van der Waals surface area contributed by atoms with Gasteiger partial charge in [0, 0.05) is 20.8 Å². The Bertz CT molecular complexity index is 437. The summed E-state index contributed by atoms with van der Waals surface area (Å²) in [7, 11) is 0. The molecule has 3 aliphatic rings. The summed E-state index contributed by atoms with van der Waals surface area (Å²) in [6.45, 7) is 4.16. The van der Waals surface area contributed by atoms with E-state index in [0.717, 1.165) is 0 Å². The van der Waals surface area contributed by atoms with Gasteiger partial charge in [0.15, 0.2) is 12.4 Å². The molecule has 6 atom stereocenters. The summed E-state index contributed by atoms with van der Waals surface area (Å²) in [6.07, 6.45) is -2.94. The van der Waals surface area contributed by atoms with E-state index in [0.29, 0.717) is 0 Å². The largest absolute Gasteiger partial charge is 0.463 e. The second-order valence-electron chi connectivity index (χ2n) is 5.06. The minimum atomic E-state index is -1.18. The molecule has 20 heavy (non-hydrogen) atoms. The third-order valence-electron chi connectivity index (χ3n) is 3.37. The molecule has 0 amide bonds. The van der Waals surface area contributed by atoms with Crippen LogP contribution in [-0.2, 0) is 38.0 Å². The molecule has 3 rings (SSSR count). The van der Waals surface area contributed by atoms with Gasteiger partial charge in [0.25, 0.3) is 5.97 Å². The topological polar surface area (TPSA) is 89.5 Å². The summed E-state index contributed by atoms with van der Waals surface area (Å²) in [5.74, 6) is -2.09. The van der Waals surface area contributed by atoms with Crippen LogP contribution in [0.4, 0.5) is 0 Å². The summed E-state index contributed by atoms with van der Waals surface area (Å²) in [5.41, 5.74) is 0. The van der Waals surface area contributed by atoms with Gasteiger partial charge in [-0.1, -0.05) is 0 Å². The molecule has 8 heteroatoms. The van der Waals surface area contributed by atoms with Crippen molar-refractivity contribution in [2.24, 2.45) is 0 Å². The van der Waals surface area contributed by atoms with Gasteiger partial charge in [-0.2, -0.15) is 0 Å². The van der Waals surface area contributed by atoms with Crippen molar-refractivity contribution in [2.45, 2.75) is 57.5 Å². The lowest BCUT2D eigenvalue weighted by Gasteiger charge is -2.42. The normalized spacial score (nSPS) is 45.2. The number of hydrogen-bond donors (Lipinski definition) is 0. The van der Waals surface area contributed by atoms with Crippen LogP contribution in [0, 0.1) is 0 Å². The number of carbonyl (C=O) groups is 2. The summed E-state index contributed by atoms with van der Waals surface area (Å²) in [5, 5.41) is 0. The van der Waals surface area contributed by atoms with Crippen LogP contribution in [0.15, 0.2) is 0 Å². The van der Waals surface area contributed by atoms with Crippen molar-refractivity contribution in [2.75, 3.05) is 6.61 Å². The average Bonchev–Trinajstić information content (AvgIpc) is 2.83. The highest BCUT2D eigenvalue weighted by molar-refractivity contribution is 5.66. The summed E-state index contributed by atoms with van der Waals surface area (Å²) < 4.78 is 32.5. The monoisotopic (exact) mass is 288 g/mol. The fourth-order valence-electron chi connectivity index (χ4n) is 2.69. The van der Waals surface area contributed by atoms with E-state index < -0.39 is 48.6 Å². The van der Waals surface area contributed by atoms with Crippen LogP contribution in [0.1, 0.15) is 20.8 Å². The summed E-state index contributed by atoms with van der Waals surface area (Å²) >= 11 is 0. The van der Waals surface area contributed by atoms with Gasteiger partial charge in [0.05, 0.1) is 0 Å². The van der Waals surface area contributed by atoms with E-state index >= 15 is 0 Å². The fourth-order valence-corrected chi connectivity index (χ4v) is 2.69. The lowest BCUT2D eigenvalue weighted by molar-refractivity contribution is -0.379. The molecule has 3 heterocycles. The molecule has 0 aromatic carbocycles. The lowest BCUT2D eigenvalue weighted by atomic mass is 9.99. The Kier molecular flexibility index (Phi) is 3.20. The van der Waals surface area contributed by atoms with Gasteiger partial charge in [0.1, 0.15) is 24.9 Å². The van der Waals surface area contributed by atoms with Crippen LogP contribution in [0.25, 0.3) is 0 Å².